The summed E-state index contributed by atoms with van der Waals surface area (Å²) in [5.74, 6) is 0.0230. The van der Waals surface area contributed by atoms with E-state index in [2.05, 4.69) is 0 Å². The van der Waals surface area contributed by atoms with E-state index >= 15 is 0 Å². The molecule has 4 nitrogen and oxygen atoms in total. The third-order valence-electron chi connectivity index (χ3n) is 3.95. The molecule has 0 aliphatic carbocycles. The molecule has 0 spiro atoms. The van der Waals surface area contributed by atoms with Gasteiger partial charge in [0.05, 0.1) is 5.60 Å². The number of likely N-dealkylation sites (N-methyl/N-ethyl adjacent to an activating group) is 1. The molecule has 1 heterocycles. The van der Waals surface area contributed by atoms with Crippen LogP contribution in [0.25, 0.3) is 0 Å². The summed E-state index contributed by atoms with van der Waals surface area (Å²) in [7, 11) is 1.74. The van der Waals surface area contributed by atoms with E-state index in [9.17, 15) is 9.90 Å². The fourth-order valence-corrected chi connectivity index (χ4v) is 2.80. The van der Waals surface area contributed by atoms with E-state index in [1.54, 1.807) is 11.9 Å². The Morgan fingerprint density at radius 3 is 2.71 bits per heavy atom. The predicted octanol–water partition coefficient (Wildman–Crippen LogP) is 2.27. The molecule has 1 aromatic rings. The lowest BCUT2D eigenvalue weighted by atomic mass is 9.94. The molecule has 1 aromatic carbocycles. The minimum Gasteiger partial charge on any atom is -0.388 e. The zero-order valence-corrected chi connectivity index (χ0v) is 13.1. The number of ether oxygens (including phenoxy) is 1. The largest absolute Gasteiger partial charge is 0.388 e. The summed E-state index contributed by atoms with van der Waals surface area (Å²) >= 11 is 6.09. The average molecular weight is 312 g/mol. The number of carbonyl (C=O) groups is 1. The third kappa shape index (κ3) is 4.70. The van der Waals surface area contributed by atoms with Crippen molar-refractivity contribution in [3.05, 3.63) is 34.9 Å². The van der Waals surface area contributed by atoms with Crippen LogP contribution in [0.4, 0.5) is 0 Å². The molecule has 2 rings (SSSR count). The molecular weight excluding hydrogens is 290 g/mol. The number of carbonyl (C=O) groups excluding carboxylic acids is 1. The fourth-order valence-electron chi connectivity index (χ4n) is 2.57. The Labute approximate surface area is 130 Å². The Kier molecular flexibility index (Phi) is 5.62. The molecule has 5 heteroatoms. The quantitative estimate of drug-likeness (QED) is 0.907. The fraction of sp³-hybridized carbons (Fsp3) is 0.562. The highest BCUT2D eigenvalue weighted by Crippen LogP contribution is 2.22. The van der Waals surface area contributed by atoms with Gasteiger partial charge in [-0.2, -0.15) is 0 Å². The van der Waals surface area contributed by atoms with Crippen LogP contribution < -0.4 is 0 Å². The highest BCUT2D eigenvalue weighted by Gasteiger charge is 2.32. The number of aliphatic hydroxyl groups is 1. The highest BCUT2D eigenvalue weighted by molar-refractivity contribution is 6.31. The first kappa shape index (κ1) is 16.3. The van der Waals surface area contributed by atoms with Crippen LogP contribution in [0.3, 0.4) is 0 Å². The molecule has 1 saturated heterocycles. The number of aryl methyl sites for hydroxylation is 1. The summed E-state index contributed by atoms with van der Waals surface area (Å²) in [6.07, 6.45) is 2.17. The lowest BCUT2D eigenvalue weighted by molar-refractivity contribution is -0.136. The maximum Gasteiger partial charge on any atom is 0.222 e. The number of amides is 1. The molecule has 1 aliphatic rings. The van der Waals surface area contributed by atoms with Crippen molar-refractivity contribution in [1.82, 2.24) is 4.90 Å². The first-order valence-corrected chi connectivity index (χ1v) is 7.65. The number of halogens is 1. The highest BCUT2D eigenvalue weighted by atomic mass is 35.5. The van der Waals surface area contributed by atoms with Crippen LogP contribution in [0.2, 0.25) is 5.02 Å². The Balaban J connectivity index is 1.84. The second-order valence-electron chi connectivity index (χ2n) is 5.68. The summed E-state index contributed by atoms with van der Waals surface area (Å²) in [6, 6.07) is 7.55. The van der Waals surface area contributed by atoms with Crippen molar-refractivity contribution in [2.45, 2.75) is 31.3 Å². The summed E-state index contributed by atoms with van der Waals surface area (Å²) in [5.41, 5.74) is 0.165. The van der Waals surface area contributed by atoms with Crippen LogP contribution in [0.1, 0.15) is 24.8 Å². The van der Waals surface area contributed by atoms with Crippen molar-refractivity contribution in [1.29, 1.82) is 0 Å². The summed E-state index contributed by atoms with van der Waals surface area (Å²) in [5, 5.41) is 11.1. The van der Waals surface area contributed by atoms with Crippen molar-refractivity contribution in [2.24, 2.45) is 0 Å². The standard InChI is InChI=1S/C16H22ClNO3/c1-18(12-16(20)8-10-21-11-9-16)15(19)7-6-13-4-2-3-5-14(13)17/h2-5,20H,6-12H2,1H3. The number of nitrogens with zero attached hydrogens (tertiary/aromatic N) is 1. The predicted molar refractivity (Wildman–Crippen MR) is 82.4 cm³/mol. The number of hydrogen-bond acceptors (Lipinski definition) is 3. The summed E-state index contributed by atoms with van der Waals surface area (Å²) in [4.78, 5) is 13.8. The lowest BCUT2D eigenvalue weighted by Gasteiger charge is -2.35. The Hall–Kier alpha value is -1.10. The van der Waals surface area contributed by atoms with Crippen LogP contribution in [0.5, 0.6) is 0 Å². The van der Waals surface area contributed by atoms with Gasteiger partial charge in [0, 0.05) is 51.1 Å². The zero-order chi connectivity index (χ0) is 15.3. The van der Waals surface area contributed by atoms with Crippen LogP contribution >= 0.6 is 11.6 Å². The Bertz CT molecular complexity index is 486. The van der Waals surface area contributed by atoms with Crippen molar-refractivity contribution >= 4 is 17.5 Å². The van der Waals surface area contributed by atoms with Crippen LogP contribution in [-0.2, 0) is 16.0 Å². The second kappa shape index (κ2) is 7.25. The van der Waals surface area contributed by atoms with E-state index in [0.717, 1.165) is 5.56 Å². The van der Waals surface area contributed by atoms with Gasteiger partial charge in [0.1, 0.15) is 0 Å². The van der Waals surface area contributed by atoms with Gasteiger partial charge in [0.25, 0.3) is 0 Å². The van der Waals surface area contributed by atoms with Gasteiger partial charge in [-0.05, 0) is 18.1 Å². The van der Waals surface area contributed by atoms with Gasteiger partial charge in [-0.1, -0.05) is 29.8 Å². The van der Waals surface area contributed by atoms with Gasteiger partial charge in [-0.15, -0.1) is 0 Å². The maximum atomic E-state index is 12.2. The molecule has 0 bridgehead atoms. The van der Waals surface area contributed by atoms with Crippen molar-refractivity contribution < 1.29 is 14.6 Å². The molecule has 0 radical (unpaired) electrons. The molecule has 0 atom stereocenters. The zero-order valence-electron chi connectivity index (χ0n) is 12.3. The third-order valence-corrected chi connectivity index (χ3v) is 4.32. The molecule has 1 amide bonds. The molecule has 1 fully saturated rings. The van der Waals surface area contributed by atoms with E-state index < -0.39 is 5.60 Å². The van der Waals surface area contributed by atoms with Gasteiger partial charge in [0.15, 0.2) is 0 Å². The molecule has 0 aromatic heterocycles. The van der Waals surface area contributed by atoms with Gasteiger partial charge in [-0.3, -0.25) is 4.79 Å². The summed E-state index contributed by atoms with van der Waals surface area (Å²) < 4.78 is 5.25. The second-order valence-corrected chi connectivity index (χ2v) is 6.09. The van der Waals surface area contributed by atoms with E-state index in [1.165, 1.54) is 0 Å². The molecule has 21 heavy (non-hydrogen) atoms. The smallest absolute Gasteiger partial charge is 0.222 e. The monoisotopic (exact) mass is 311 g/mol. The molecule has 0 saturated carbocycles. The van der Waals surface area contributed by atoms with E-state index in [0.29, 0.717) is 50.5 Å². The maximum absolute atomic E-state index is 12.2. The molecule has 1 aliphatic heterocycles. The molecule has 116 valence electrons. The van der Waals surface area contributed by atoms with Crippen molar-refractivity contribution in [3.63, 3.8) is 0 Å². The Morgan fingerprint density at radius 1 is 1.38 bits per heavy atom. The van der Waals surface area contributed by atoms with E-state index in [-0.39, 0.29) is 5.91 Å². The Morgan fingerprint density at radius 2 is 2.05 bits per heavy atom. The summed E-state index contributed by atoms with van der Waals surface area (Å²) in [6.45, 7) is 1.47. The number of rotatable bonds is 5. The van der Waals surface area contributed by atoms with Gasteiger partial charge >= 0.3 is 0 Å². The van der Waals surface area contributed by atoms with E-state index in [1.807, 2.05) is 24.3 Å². The van der Waals surface area contributed by atoms with Gasteiger partial charge < -0.3 is 14.7 Å². The topological polar surface area (TPSA) is 49.8 Å². The number of benzene rings is 1. The lowest BCUT2D eigenvalue weighted by Crippen LogP contribution is -2.47. The minimum absolute atomic E-state index is 0.0230. The molecular formula is C16H22ClNO3. The van der Waals surface area contributed by atoms with Crippen LogP contribution in [0, 0.1) is 0 Å². The van der Waals surface area contributed by atoms with Crippen LogP contribution in [-0.4, -0.2) is 48.3 Å². The van der Waals surface area contributed by atoms with Crippen molar-refractivity contribution in [3.8, 4) is 0 Å². The van der Waals surface area contributed by atoms with E-state index in [4.69, 9.17) is 16.3 Å². The van der Waals surface area contributed by atoms with Gasteiger partial charge in [0.2, 0.25) is 5.91 Å². The first-order chi connectivity index (χ1) is 10.0. The SMILES string of the molecule is CN(CC1(O)CCOCC1)C(=O)CCc1ccccc1Cl. The average Bonchev–Trinajstić information content (AvgIpc) is 2.46. The molecule has 1 N–H and O–H groups in total. The number of hydrogen-bond donors (Lipinski definition) is 1. The first-order valence-electron chi connectivity index (χ1n) is 7.28. The van der Waals surface area contributed by atoms with Crippen LogP contribution in [0.15, 0.2) is 24.3 Å². The van der Waals surface area contributed by atoms with Crippen molar-refractivity contribution in [2.75, 3.05) is 26.8 Å². The minimum atomic E-state index is -0.812. The normalized spacial score (nSPS) is 17.5. The molecule has 0 unspecified atom stereocenters. The van der Waals surface area contributed by atoms with Gasteiger partial charge in [-0.25, -0.2) is 0 Å².